The van der Waals surface area contributed by atoms with E-state index in [-0.39, 0.29) is 5.84 Å². The first kappa shape index (κ1) is 11.3. The molecule has 2 aromatic heterocycles. The van der Waals surface area contributed by atoms with E-state index in [0.717, 1.165) is 28.9 Å². The van der Waals surface area contributed by atoms with Crippen LogP contribution in [0.25, 0.3) is 11.3 Å². The lowest BCUT2D eigenvalue weighted by Crippen LogP contribution is -2.10. The molecular formula is C12H15N5. The number of hydrogen-bond acceptors (Lipinski definition) is 3. The molecule has 88 valence electrons. The second-order valence-corrected chi connectivity index (χ2v) is 3.94. The van der Waals surface area contributed by atoms with E-state index in [1.165, 1.54) is 0 Å². The highest BCUT2D eigenvalue weighted by molar-refractivity contribution is 5.77. The van der Waals surface area contributed by atoms with Gasteiger partial charge in [-0.3, -0.25) is 15.5 Å². The van der Waals surface area contributed by atoms with Crippen molar-refractivity contribution in [1.82, 2.24) is 15.2 Å². The number of aryl methyl sites for hydroxylation is 1. The van der Waals surface area contributed by atoms with E-state index in [2.05, 4.69) is 15.2 Å². The number of amidine groups is 1. The number of aromatic amines is 1. The number of rotatable bonds is 4. The maximum atomic E-state index is 7.28. The van der Waals surface area contributed by atoms with Crippen LogP contribution in [0.15, 0.2) is 24.5 Å². The quantitative estimate of drug-likeness (QED) is 0.550. The van der Waals surface area contributed by atoms with Crippen molar-refractivity contribution in [3.63, 3.8) is 0 Å². The van der Waals surface area contributed by atoms with Gasteiger partial charge in [0.05, 0.1) is 11.5 Å². The molecule has 0 aliphatic heterocycles. The van der Waals surface area contributed by atoms with Crippen molar-refractivity contribution in [3.05, 3.63) is 35.8 Å². The van der Waals surface area contributed by atoms with E-state index in [9.17, 15) is 0 Å². The van der Waals surface area contributed by atoms with Crippen LogP contribution < -0.4 is 5.73 Å². The van der Waals surface area contributed by atoms with Gasteiger partial charge in [0, 0.05) is 35.6 Å². The Bertz CT molecular complexity index is 515. The van der Waals surface area contributed by atoms with Crippen LogP contribution in [0, 0.1) is 12.3 Å². The molecule has 0 spiro atoms. The molecule has 0 atom stereocenters. The summed E-state index contributed by atoms with van der Waals surface area (Å²) in [6.45, 7) is 1.98. The van der Waals surface area contributed by atoms with Gasteiger partial charge < -0.3 is 5.73 Å². The summed E-state index contributed by atoms with van der Waals surface area (Å²) in [4.78, 5) is 3.99. The van der Waals surface area contributed by atoms with E-state index < -0.39 is 0 Å². The minimum atomic E-state index is 0.200. The Kier molecular flexibility index (Phi) is 3.18. The number of aromatic nitrogens is 3. The van der Waals surface area contributed by atoms with Gasteiger partial charge in [-0.15, -0.1) is 0 Å². The Morgan fingerprint density at radius 2 is 2.12 bits per heavy atom. The van der Waals surface area contributed by atoms with Gasteiger partial charge in [-0.25, -0.2) is 0 Å². The van der Waals surface area contributed by atoms with Crippen molar-refractivity contribution in [3.8, 4) is 11.3 Å². The molecule has 2 rings (SSSR count). The fourth-order valence-electron chi connectivity index (χ4n) is 1.77. The van der Waals surface area contributed by atoms with E-state index in [0.29, 0.717) is 6.42 Å². The highest BCUT2D eigenvalue weighted by Crippen LogP contribution is 2.23. The van der Waals surface area contributed by atoms with Crippen LogP contribution in [0.1, 0.15) is 17.7 Å². The monoisotopic (exact) mass is 229 g/mol. The van der Waals surface area contributed by atoms with Gasteiger partial charge in [0.15, 0.2) is 0 Å². The number of hydrogen-bond donors (Lipinski definition) is 3. The van der Waals surface area contributed by atoms with Gasteiger partial charge in [0.1, 0.15) is 0 Å². The predicted molar refractivity (Wildman–Crippen MR) is 66.8 cm³/mol. The van der Waals surface area contributed by atoms with Gasteiger partial charge in [0.25, 0.3) is 0 Å². The molecule has 0 amide bonds. The van der Waals surface area contributed by atoms with Crippen LogP contribution in [0.3, 0.4) is 0 Å². The van der Waals surface area contributed by atoms with Crippen LogP contribution in [-0.2, 0) is 6.42 Å². The topological polar surface area (TPSA) is 91.4 Å². The largest absolute Gasteiger partial charge is 0.388 e. The Morgan fingerprint density at radius 1 is 1.41 bits per heavy atom. The molecule has 4 N–H and O–H groups in total. The average molecular weight is 229 g/mol. The molecule has 17 heavy (non-hydrogen) atoms. The lowest BCUT2D eigenvalue weighted by Gasteiger charge is -2.03. The molecule has 0 aliphatic carbocycles. The third-order valence-corrected chi connectivity index (χ3v) is 2.67. The second kappa shape index (κ2) is 4.78. The number of nitrogens with zero attached hydrogens (tertiary/aromatic N) is 2. The summed E-state index contributed by atoms with van der Waals surface area (Å²) in [5.41, 5.74) is 9.49. The summed E-state index contributed by atoms with van der Waals surface area (Å²) in [6, 6.07) is 3.85. The van der Waals surface area contributed by atoms with Crippen LogP contribution in [0.2, 0.25) is 0 Å². The molecule has 5 heteroatoms. The number of nitrogens with one attached hydrogen (secondary N) is 2. The Hall–Kier alpha value is -2.17. The van der Waals surface area contributed by atoms with Crippen LogP contribution in [0.5, 0.6) is 0 Å². The lowest BCUT2D eigenvalue weighted by molar-refractivity contribution is 0.997. The lowest BCUT2D eigenvalue weighted by atomic mass is 10.0. The van der Waals surface area contributed by atoms with E-state index >= 15 is 0 Å². The van der Waals surface area contributed by atoms with Crippen LogP contribution in [-0.4, -0.2) is 21.0 Å². The van der Waals surface area contributed by atoms with Gasteiger partial charge in [0.2, 0.25) is 0 Å². The average Bonchev–Trinajstić information content (AvgIpc) is 2.69. The van der Waals surface area contributed by atoms with Gasteiger partial charge >= 0.3 is 0 Å². The number of nitrogens with two attached hydrogens (primary N) is 1. The molecule has 5 nitrogen and oxygen atoms in total. The standard InChI is InChI=1S/C12H15N5/c1-8-10(2-3-11(13)14)12(17-16-8)9-4-6-15-7-5-9/h4-7H,2-3H2,1H3,(H3,13,14)(H,16,17). The summed E-state index contributed by atoms with van der Waals surface area (Å²) in [5.74, 6) is 0.200. The minimum absolute atomic E-state index is 0.200. The van der Waals surface area contributed by atoms with E-state index in [1.54, 1.807) is 12.4 Å². The fourth-order valence-corrected chi connectivity index (χ4v) is 1.77. The molecular weight excluding hydrogens is 214 g/mol. The molecule has 0 aromatic carbocycles. The number of pyridine rings is 1. The zero-order valence-corrected chi connectivity index (χ0v) is 9.70. The molecule has 0 radical (unpaired) electrons. The molecule has 0 aliphatic rings. The molecule has 0 saturated heterocycles. The zero-order chi connectivity index (χ0) is 12.3. The third kappa shape index (κ3) is 2.50. The molecule has 0 saturated carbocycles. The summed E-state index contributed by atoms with van der Waals surface area (Å²) in [5, 5.41) is 14.6. The Balaban J connectivity index is 2.32. The summed E-state index contributed by atoms with van der Waals surface area (Å²) in [7, 11) is 0. The number of H-pyrrole nitrogens is 1. The molecule has 2 aromatic rings. The molecule has 0 bridgehead atoms. The molecule has 2 heterocycles. The fraction of sp³-hybridized carbons (Fsp3) is 0.250. The highest BCUT2D eigenvalue weighted by atomic mass is 15.1. The normalized spacial score (nSPS) is 10.4. The van der Waals surface area contributed by atoms with Gasteiger partial charge in [-0.1, -0.05) is 0 Å². The first-order valence-corrected chi connectivity index (χ1v) is 5.45. The second-order valence-electron chi connectivity index (χ2n) is 3.94. The van der Waals surface area contributed by atoms with E-state index in [1.807, 2.05) is 19.1 Å². The van der Waals surface area contributed by atoms with Crippen molar-refractivity contribution in [2.24, 2.45) is 5.73 Å². The molecule has 0 unspecified atom stereocenters. The van der Waals surface area contributed by atoms with Gasteiger partial charge in [-0.2, -0.15) is 5.10 Å². The Labute approximate surface area is 99.6 Å². The Morgan fingerprint density at radius 3 is 2.76 bits per heavy atom. The SMILES string of the molecule is Cc1[nH]nc(-c2ccncc2)c1CCC(=N)N. The van der Waals surface area contributed by atoms with Crippen molar-refractivity contribution in [1.29, 1.82) is 5.41 Å². The van der Waals surface area contributed by atoms with E-state index in [4.69, 9.17) is 11.1 Å². The summed E-state index contributed by atoms with van der Waals surface area (Å²) in [6.07, 6.45) is 4.77. The molecule has 0 fully saturated rings. The van der Waals surface area contributed by atoms with Crippen molar-refractivity contribution in [2.75, 3.05) is 0 Å². The van der Waals surface area contributed by atoms with Crippen molar-refractivity contribution < 1.29 is 0 Å². The zero-order valence-electron chi connectivity index (χ0n) is 9.70. The summed E-state index contributed by atoms with van der Waals surface area (Å²) < 4.78 is 0. The van der Waals surface area contributed by atoms with Gasteiger partial charge in [-0.05, 0) is 25.5 Å². The first-order chi connectivity index (χ1) is 8.18. The first-order valence-electron chi connectivity index (χ1n) is 5.45. The summed E-state index contributed by atoms with van der Waals surface area (Å²) >= 11 is 0. The maximum Gasteiger partial charge on any atom is 0.0956 e. The maximum absolute atomic E-state index is 7.28. The highest BCUT2D eigenvalue weighted by Gasteiger charge is 2.12. The minimum Gasteiger partial charge on any atom is -0.388 e. The predicted octanol–water partition coefficient (Wildman–Crippen LogP) is 1.65. The third-order valence-electron chi connectivity index (χ3n) is 2.67. The van der Waals surface area contributed by atoms with Crippen molar-refractivity contribution >= 4 is 5.84 Å². The van der Waals surface area contributed by atoms with Crippen molar-refractivity contribution in [2.45, 2.75) is 19.8 Å². The smallest absolute Gasteiger partial charge is 0.0956 e. The van der Waals surface area contributed by atoms with Crippen LogP contribution in [0.4, 0.5) is 0 Å². The van der Waals surface area contributed by atoms with Crippen LogP contribution >= 0.6 is 0 Å².